The number of nitrogens with zero attached hydrogens (tertiary/aromatic N) is 5. The van der Waals surface area contributed by atoms with Gasteiger partial charge in [-0.3, -0.25) is 14.1 Å². The lowest BCUT2D eigenvalue weighted by molar-refractivity contribution is -0.0119. The molecule has 1 aromatic carbocycles. The van der Waals surface area contributed by atoms with Gasteiger partial charge in [-0.15, -0.1) is 0 Å². The first-order valence-corrected chi connectivity index (χ1v) is 11.4. The first kappa shape index (κ1) is 22.6. The fourth-order valence-corrected chi connectivity index (χ4v) is 3.85. The molecule has 4 heterocycles. The molecule has 5 rings (SSSR count). The van der Waals surface area contributed by atoms with Crippen LogP contribution in [0.5, 0.6) is 0 Å². The molecule has 180 valence electrons. The zero-order valence-electron chi connectivity index (χ0n) is 20.0. The van der Waals surface area contributed by atoms with E-state index in [0.717, 1.165) is 12.0 Å². The van der Waals surface area contributed by atoms with Crippen LogP contribution in [0.1, 0.15) is 55.2 Å². The van der Waals surface area contributed by atoms with Crippen molar-refractivity contribution in [1.29, 1.82) is 0 Å². The second-order valence-corrected chi connectivity index (χ2v) is 9.49. The lowest BCUT2D eigenvalue weighted by Crippen LogP contribution is -2.47. The molecule has 0 spiro atoms. The summed E-state index contributed by atoms with van der Waals surface area (Å²) in [5.74, 6) is 0.454. The maximum Gasteiger partial charge on any atom is 0.410 e. The van der Waals surface area contributed by atoms with Gasteiger partial charge in [-0.25, -0.2) is 9.78 Å². The van der Waals surface area contributed by atoms with Crippen LogP contribution in [-0.2, 0) is 4.74 Å². The number of aromatic nitrogens is 4. The smallest absolute Gasteiger partial charge is 0.410 e. The van der Waals surface area contributed by atoms with Gasteiger partial charge in [-0.1, -0.05) is 23.4 Å². The summed E-state index contributed by atoms with van der Waals surface area (Å²) < 4.78 is 12.7. The summed E-state index contributed by atoms with van der Waals surface area (Å²) >= 11 is 0. The molecule has 0 radical (unpaired) electrons. The highest BCUT2D eigenvalue weighted by Gasteiger charge is 2.39. The third-order valence-corrected chi connectivity index (χ3v) is 5.77. The molecule has 0 saturated carbocycles. The van der Waals surface area contributed by atoms with Crippen molar-refractivity contribution in [2.45, 2.75) is 45.8 Å². The first-order chi connectivity index (χ1) is 16.7. The lowest BCUT2D eigenvalue weighted by atomic mass is 10.0. The van der Waals surface area contributed by atoms with Crippen LogP contribution in [0.15, 0.2) is 53.3 Å². The Hall–Kier alpha value is -4.21. The number of anilines is 1. The molecule has 2 amide bonds. The normalized spacial score (nSPS) is 15.7. The van der Waals surface area contributed by atoms with E-state index in [1.165, 1.54) is 0 Å². The van der Waals surface area contributed by atoms with Gasteiger partial charge in [-0.05, 0) is 57.9 Å². The van der Waals surface area contributed by atoms with Crippen LogP contribution in [-0.4, -0.2) is 48.6 Å². The van der Waals surface area contributed by atoms with Crippen molar-refractivity contribution in [1.82, 2.24) is 24.4 Å². The van der Waals surface area contributed by atoms with Gasteiger partial charge < -0.3 is 14.6 Å². The molecular weight excluding hydrogens is 448 g/mol. The average molecular weight is 475 g/mol. The SMILES string of the molecule is Cc1ccc(-c2noc([C@@H]3CCN3C(=O)OC(C)(C)C)n2)cc1NC(=O)c1cnc2ccccn12. The van der Waals surface area contributed by atoms with E-state index in [1.54, 1.807) is 27.8 Å². The summed E-state index contributed by atoms with van der Waals surface area (Å²) in [7, 11) is 0. The Morgan fingerprint density at radius 3 is 2.77 bits per heavy atom. The quantitative estimate of drug-likeness (QED) is 0.459. The Labute approximate surface area is 201 Å². The van der Waals surface area contributed by atoms with Crippen molar-refractivity contribution in [2.24, 2.45) is 0 Å². The number of rotatable bonds is 4. The molecule has 1 saturated heterocycles. The van der Waals surface area contributed by atoms with Crippen LogP contribution in [0.4, 0.5) is 10.5 Å². The van der Waals surface area contributed by atoms with Crippen LogP contribution >= 0.6 is 0 Å². The van der Waals surface area contributed by atoms with E-state index in [2.05, 4.69) is 20.4 Å². The second-order valence-electron chi connectivity index (χ2n) is 9.49. The van der Waals surface area contributed by atoms with Crippen molar-refractivity contribution in [2.75, 3.05) is 11.9 Å². The Balaban J connectivity index is 1.34. The summed E-state index contributed by atoms with van der Waals surface area (Å²) in [6.07, 6.45) is 3.66. The lowest BCUT2D eigenvalue weighted by Gasteiger charge is -2.39. The van der Waals surface area contributed by atoms with Crippen molar-refractivity contribution in [3.63, 3.8) is 0 Å². The number of carbonyl (C=O) groups is 2. The highest BCUT2D eigenvalue weighted by Crippen LogP contribution is 2.35. The van der Waals surface area contributed by atoms with Crippen LogP contribution in [0.2, 0.25) is 0 Å². The van der Waals surface area contributed by atoms with Crippen molar-refractivity contribution < 1.29 is 18.8 Å². The van der Waals surface area contributed by atoms with Gasteiger partial charge in [0.15, 0.2) is 0 Å². The number of amides is 2. The molecule has 1 atom stereocenters. The standard InChI is InChI=1S/C25H26N6O4/c1-15-8-9-16(13-17(15)27-22(32)19-14-26-20-7-5-6-11-30(19)20)21-28-23(35-29-21)18-10-12-31(18)24(33)34-25(2,3)4/h5-9,11,13-14,18H,10,12H2,1-4H3,(H,27,32)/t18-/m0/s1. The van der Waals surface area contributed by atoms with E-state index in [1.807, 2.05) is 58.0 Å². The average Bonchev–Trinajstić information content (AvgIpc) is 3.40. The number of nitrogens with one attached hydrogen (secondary N) is 1. The van der Waals surface area contributed by atoms with Crippen LogP contribution < -0.4 is 5.32 Å². The molecule has 1 fully saturated rings. The molecule has 4 aromatic rings. The van der Waals surface area contributed by atoms with Gasteiger partial charge in [0.1, 0.15) is 23.0 Å². The number of carbonyl (C=O) groups excluding carboxylic acids is 2. The van der Waals surface area contributed by atoms with Gasteiger partial charge in [0, 0.05) is 24.0 Å². The summed E-state index contributed by atoms with van der Waals surface area (Å²) in [4.78, 5) is 35.8. The van der Waals surface area contributed by atoms with Gasteiger partial charge in [-0.2, -0.15) is 4.98 Å². The number of hydrogen-bond donors (Lipinski definition) is 1. The summed E-state index contributed by atoms with van der Waals surface area (Å²) in [5, 5.41) is 7.06. The van der Waals surface area contributed by atoms with E-state index >= 15 is 0 Å². The molecular formula is C25H26N6O4. The fourth-order valence-electron chi connectivity index (χ4n) is 3.85. The van der Waals surface area contributed by atoms with Crippen molar-refractivity contribution in [3.05, 3.63) is 65.9 Å². The summed E-state index contributed by atoms with van der Waals surface area (Å²) in [5.41, 5.74) is 2.74. The Morgan fingerprint density at radius 1 is 1.20 bits per heavy atom. The molecule has 1 N–H and O–H groups in total. The highest BCUT2D eigenvalue weighted by atomic mass is 16.6. The van der Waals surface area contributed by atoms with E-state index in [9.17, 15) is 9.59 Å². The molecule has 10 nitrogen and oxygen atoms in total. The van der Waals surface area contributed by atoms with E-state index in [-0.39, 0.29) is 11.9 Å². The van der Waals surface area contributed by atoms with E-state index in [0.29, 0.717) is 40.9 Å². The molecule has 1 aliphatic heterocycles. The predicted molar refractivity (Wildman–Crippen MR) is 128 cm³/mol. The number of imidazole rings is 1. The number of fused-ring (bicyclic) bond motifs is 1. The minimum Gasteiger partial charge on any atom is -0.444 e. The van der Waals surface area contributed by atoms with E-state index < -0.39 is 11.7 Å². The molecule has 1 aliphatic rings. The number of aryl methyl sites for hydroxylation is 1. The maximum atomic E-state index is 13.0. The molecule has 3 aromatic heterocycles. The Kier molecular flexibility index (Phi) is 5.50. The van der Waals surface area contributed by atoms with Gasteiger partial charge in [0.2, 0.25) is 11.7 Å². The zero-order chi connectivity index (χ0) is 24.7. The van der Waals surface area contributed by atoms with Crippen LogP contribution in [0.3, 0.4) is 0 Å². The number of likely N-dealkylation sites (tertiary alicyclic amines) is 1. The minimum atomic E-state index is -0.580. The van der Waals surface area contributed by atoms with Crippen LogP contribution in [0.25, 0.3) is 17.0 Å². The topological polar surface area (TPSA) is 115 Å². The third kappa shape index (κ3) is 4.46. The maximum absolute atomic E-state index is 13.0. The highest BCUT2D eigenvalue weighted by molar-refractivity contribution is 6.04. The first-order valence-electron chi connectivity index (χ1n) is 11.4. The van der Waals surface area contributed by atoms with Gasteiger partial charge in [0.05, 0.1) is 6.20 Å². The monoisotopic (exact) mass is 474 g/mol. The zero-order valence-corrected chi connectivity index (χ0v) is 20.0. The number of hydrogen-bond acceptors (Lipinski definition) is 7. The van der Waals surface area contributed by atoms with Crippen molar-refractivity contribution in [3.8, 4) is 11.4 Å². The number of pyridine rings is 1. The van der Waals surface area contributed by atoms with Gasteiger partial charge >= 0.3 is 6.09 Å². The fraction of sp³-hybridized carbons (Fsp3) is 0.320. The van der Waals surface area contributed by atoms with Crippen molar-refractivity contribution >= 4 is 23.3 Å². The predicted octanol–water partition coefficient (Wildman–Crippen LogP) is 4.63. The molecule has 0 bridgehead atoms. The largest absolute Gasteiger partial charge is 0.444 e. The third-order valence-electron chi connectivity index (χ3n) is 5.77. The molecule has 0 aliphatic carbocycles. The number of benzene rings is 1. The van der Waals surface area contributed by atoms with Crippen LogP contribution in [0, 0.1) is 6.92 Å². The second kappa shape index (κ2) is 8.53. The summed E-state index contributed by atoms with van der Waals surface area (Å²) in [6.45, 7) is 7.96. The molecule has 10 heteroatoms. The Morgan fingerprint density at radius 2 is 2.03 bits per heavy atom. The summed E-state index contributed by atoms with van der Waals surface area (Å²) in [6, 6.07) is 10.8. The Bertz CT molecular complexity index is 1420. The van der Waals surface area contributed by atoms with Gasteiger partial charge in [0.25, 0.3) is 5.91 Å². The minimum absolute atomic E-state index is 0.278. The molecule has 35 heavy (non-hydrogen) atoms. The molecule has 0 unspecified atom stereocenters. The van der Waals surface area contributed by atoms with E-state index in [4.69, 9.17) is 9.26 Å². The number of ether oxygens (including phenoxy) is 1.